The van der Waals surface area contributed by atoms with Gasteiger partial charge in [0.1, 0.15) is 11.9 Å². The van der Waals surface area contributed by atoms with Crippen LogP contribution in [0.25, 0.3) is 0 Å². The van der Waals surface area contributed by atoms with Crippen LogP contribution >= 0.6 is 0 Å². The predicted octanol–water partition coefficient (Wildman–Crippen LogP) is 2.68. The number of likely N-dealkylation sites (N-methyl/N-ethyl adjacent to an activating group) is 1. The lowest BCUT2D eigenvalue weighted by Gasteiger charge is -2.37. The van der Waals surface area contributed by atoms with E-state index >= 15 is 0 Å². The van der Waals surface area contributed by atoms with Gasteiger partial charge >= 0.3 is 0 Å². The van der Waals surface area contributed by atoms with Gasteiger partial charge in [0.05, 0.1) is 6.04 Å². The average molecular weight is 543 g/mol. The molecule has 0 saturated carbocycles. The first-order chi connectivity index (χ1) is 18.3. The van der Waals surface area contributed by atoms with E-state index in [-0.39, 0.29) is 29.6 Å². The van der Waals surface area contributed by atoms with E-state index in [2.05, 4.69) is 15.7 Å². The van der Waals surface area contributed by atoms with E-state index in [4.69, 9.17) is 0 Å². The summed E-state index contributed by atoms with van der Waals surface area (Å²) in [5.74, 6) is -0.881. The topological polar surface area (TPSA) is 99.6 Å². The van der Waals surface area contributed by atoms with Crippen molar-refractivity contribution in [1.82, 2.24) is 30.2 Å². The van der Waals surface area contributed by atoms with Gasteiger partial charge in [-0.1, -0.05) is 32.9 Å². The van der Waals surface area contributed by atoms with E-state index in [1.165, 1.54) is 12.1 Å². The summed E-state index contributed by atoms with van der Waals surface area (Å²) in [6, 6.07) is 6.70. The number of rotatable bonds is 10. The highest BCUT2D eigenvalue weighted by Gasteiger charge is 2.41. The third-order valence-electron chi connectivity index (χ3n) is 7.52. The number of hydrogen-bond donors (Lipinski definition) is 2. The lowest BCUT2D eigenvalue weighted by Crippen LogP contribution is -2.59. The highest BCUT2D eigenvalue weighted by Crippen LogP contribution is 2.27. The van der Waals surface area contributed by atoms with E-state index in [1.54, 1.807) is 48.8 Å². The number of hydrogen-bond acceptors (Lipinski definition) is 5. The zero-order chi connectivity index (χ0) is 28.9. The van der Waals surface area contributed by atoms with Gasteiger partial charge in [0.25, 0.3) is 5.91 Å². The Labute approximate surface area is 231 Å². The lowest BCUT2D eigenvalue weighted by atomic mass is 9.85. The van der Waals surface area contributed by atoms with E-state index < -0.39 is 17.5 Å². The molecule has 3 rings (SSSR count). The largest absolute Gasteiger partial charge is 0.342 e. The molecule has 3 amide bonds. The summed E-state index contributed by atoms with van der Waals surface area (Å²) < 4.78 is 15.1. The third kappa shape index (κ3) is 7.65. The second-order valence-corrected chi connectivity index (χ2v) is 11.6. The average Bonchev–Trinajstić information content (AvgIpc) is 3.49. The number of aryl methyl sites for hydroxylation is 2. The zero-order valence-electron chi connectivity index (χ0n) is 24.3. The minimum Gasteiger partial charge on any atom is -0.342 e. The Morgan fingerprint density at radius 3 is 2.44 bits per heavy atom. The summed E-state index contributed by atoms with van der Waals surface area (Å²) in [5.41, 5.74) is 1.64. The molecule has 3 atom stereocenters. The van der Waals surface area contributed by atoms with Gasteiger partial charge in [-0.2, -0.15) is 5.10 Å². The van der Waals surface area contributed by atoms with Gasteiger partial charge in [-0.15, -0.1) is 0 Å². The van der Waals surface area contributed by atoms with Crippen LogP contribution in [0.3, 0.4) is 0 Å². The molecule has 1 saturated heterocycles. The van der Waals surface area contributed by atoms with Crippen LogP contribution in [0, 0.1) is 18.2 Å². The Kier molecular flexibility index (Phi) is 9.88. The van der Waals surface area contributed by atoms with E-state index in [0.717, 1.165) is 24.1 Å². The fourth-order valence-electron chi connectivity index (χ4n) is 4.80. The van der Waals surface area contributed by atoms with Gasteiger partial charge in [0, 0.05) is 38.4 Å². The highest BCUT2D eigenvalue weighted by atomic mass is 19.1. The van der Waals surface area contributed by atoms with Crippen LogP contribution in [0.2, 0.25) is 0 Å². The molecule has 1 aromatic carbocycles. The van der Waals surface area contributed by atoms with Gasteiger partial charge < -0.3 is 20.4 Å². The number of halogens is 1. The monoisotopic (exact) mass is 542 g/mol. The molecular formula is C29H43FN6O3. The van der Waals surface area contributed by atoms with Gasteiger partial charge in [-0.05, 0) is 69.3 Å². The molecule has 2 aromatic rings. The molecule has 1 aromatic heterocycles. The van der Waals surface area contributed by atoms with E-state index in [9.17, 15) is 18.8 Å². The Balaban J connectivity index is 1.82. The minimum absolute atomic E-state index is 0.138. The summed E-state index contributed by atoms with van der Waals surface area (Å²) in [7, 11) is 3.50. The summed E-state index contributed by atoms with van der Waals surface area (Å²) in [5, 5.41) is 10.3. The maximum absolute atomic E-state index is 13.9. The number of carbonyl (C=O) groups excluding carboxylic acids is 3. The van der Waals surface area contributed by atoms with Crippen molar-refractivity contribution < 1.29 is 18.8 Å². The first-order valence-corrected chi connectivity index (χ1v) is 13.6. The highest BCUT2D eigenvalue weighted by molar-refractivity contribution is 5.93. The first kappa shape index (κ1) is 30.3. The Morgan fingerprint density at radius 1 is 1.21 bits per heavy atom. The van der Waals surface area contributed by atoms with Crippen molar-refractivity contribution in [2.45, 2.75) is 72.0 Å². The second-order valence-electron chi connectivity index (χ2n) is 11.6. The molecule has 214 valence electrons. The van der Waals surface area contributed by atoms with Crippen LogP contribution in [-0.2, 0) is 23.1 Å². The van der Waals surface area contributed by atoms with Crippen LogP contribution in [0.5, 0.6) is 0 Å². The van der Waals surface area contributed by atoms with Crippen LogP contribution in [0.15, 0.2) is 30.3 Å². The van der Waals surface area contributed by atoms with Gasteiger partial charge in [0.2, 0.25) is 11.8 Å². The number of amides is 3. The summed E-state index contributed by atoms with van der Waals surface area (Å²) >= 11 is 0. The molecule has 0 spiro atoms. The number of aromatic nitrogens is 2. The van der Waals surface area contributed by atoms with Crippen molar-refractivity contribution in [3.63, 3.8) is 0 Å². The maximum atomic E-state index is 13.9. The van der Waals surface area contributed by atoms with Crippen LogP contribution in [0.4, 0.5) is 4.39 Å². The summed E-state index contributed by atoms with van der Waals surface area (Å²) in [6.07, 6.45) is 2.11. The van der Waals surface area contributed by atoms with Crippen molar-refractivity contribution in [3.05, 3.63) is 53.1 Å². The van der Waals surface area contributed by atoms with Gasteiger partial charge in [-0.25, -0.2) is 4.39 Å². The summed E-state index contributed by atoms with van der Waals surface area (Å²) in [6.45, 7) is 10.8. The van der Waals surface area contributed by atoms with Crippen molar-refractivity contribution in [2.75, 3.05) is 26.7 Å². The molecule has 1 fully saturated rings. The third-order valence-corrected chi connectivity index (χ3v) is 7.52. The molecule has 0 radical (unpaired) electrons. The van der Waals surface area contributed by atoms with Crippen molar-refractivity contribution in [3.8, 4) is 0 Å². The lowest BCUT2D eigenvalue weighted by molar-refractivity contribution is -0.140. The number of likely N-dealkylation sites (tertiary alicyclic amines) is 1. The SMILES string of the molecule is CN[C@@H](C)C(=O)N[C@H](C(=O)N1CCC[C@H]1CN(CCc1ccc(F)cc1)C(=O)c1cc(C)n(C)n1)C(C)(C)C. The fourth-order valence-corrected chi connectivity index (χ4v) is 4.80. The Hall–Kier alpha value is -3.27. The molecule has 1 aliphatic heterocycles. The van der Waals surface area contributed by atoms with E-state index in [0.29, 0.717) is 31.7 Å². The maximum Gasteiger partial charge on any atom is 0.274 e. The fraction of sp³-hybridized carbons (Fsp3) is 0.586. The van der Waals surface area contributed by atoms with Crippen molar-refractivity contribution in [2.24, 2.45) is 12.5 Å². The molecule has 10 heteroatoms. The Morgan fingerprint density at radius 2 is 1.87 bits per heavy atom. The molecule has 0 bridgehead atoms. The zero-order valence-corrected chi connectivity index (χ0v) is 24.3. The smallest absolute Gasteiger partial charge is 0.274 e. The molecule has 0 unspecified atom stereocenters. The molecule has 2 heterocycles. The van der Waals surface area contributed by atoms with Gasteiger partial charge in [-0.3, -0.25) is 19.1 Å². The minimum atomic E-state index is -0.705. The normalized spacial score (nSPS) is 17.1. The van der Waals surface area contributed by atoms with Crippen LogP contribution in [-0.4, -0.2) is 82.1 Å². The number of carbonyl (C=O) groups is 3. The molecule has 39 heavy (non-hydrogen) atoms. The van der Waals surface area contributed by atoms with E-state index in [1.807, 2.05) is 32.6 Å². The molecule has 9 nitrogen and oxygen atoms in total. The van der Waals surface area contributed by atoms with Gasteiger partial charge in [0.15, 0.2) is 5.69 Å². The number of benzene rings is 1. The number of nitrogens with one attached hydrogen (secondary N) is 2. The molecule has 1 aliphatic rings. The molecule has 2 N–H and O–H groups in total. The standard InChI is InChI=1S/C29H43FN6O3/c1-19-17-24(33-34(19)7)27(38)35(16-14-21-10-12-22(30)13-11-21)18-23-9-8-15-36(23)28(39)25(29(3,4)5)32-26(37)20(2)31-6/h10-13,17,20,23,25,31H,8-9,14-16,18H2,1-7H3,(H,32,37)/t20-,23-,25+/m0/s1. The van der Waals surface area contributed by atoms with Crippen LogP contribution < -0.4 is 10.6 Å². The second kappa shape index (κ2) is 12.7. The number of nitrogens with zero attached hydrogens (tertiary/aromatic N) is 4. The van der Waals surface area contributed by atoms with Crippen LogP contribution in [0.1, 0.15) is 62.3 Å². The van der Waals surface area contributed by atoms with Crippen molar-refractivity contribution in [1.29, 1.82) is 0 Å². The first-order valence-electron chi connectivity index (χ1n) is 13.6. The Bertz CT molecular complexity index is 1140. The molecular weight excluding hydrogens is 499 g/mol. The summed E-state index contributed by atoms with van der Waals surface area (Å²) in [4.78, 5) is 43.7. The predicted molar refractivity (Wildman–Crippen MR) is 149 cm³/mol. The molecule has 0 aliphatic carbocycles. The quantitative estimate of drug-likeness (QED) is 0.481. The van der Waals surface area contributed by atoms with Crippen molar-refractivity contribution >= 4 is 17.7 Å².